The number of rotatable bonds is 4. The van der Waals surface area contributed by atoms with Crippen molar-refractivity contribution in [3.63, 3.8) is 0 Å². The zero-order chi connectivity index (χ0) is 13.0. The molecule has 1 aromatic rings. The summed E-state index contributed by atoms with van der Waals surface area (Å²) in [6, 6.07) is -0.357. The monoisotopic (exact) mass is 249 g/mol. The average Bonchev–Trinajstić information content (AvgIpc) is 2.40. The molecule has 1 aromatic heterocycles. The van der Waals surface area contributed by atoms with E-state index >= 15 is 0 Å². The lowest BCUT2D eigenvalue weighted by atomic mass is 10.0. The van der Waals surface area contributed by atoms with E-state index in [1.807, 2.05) is 11.8 Å². The topological polar surface area (TPSA) is 66.3 Å². The van der Waals surface area contributed by atoms with E-state index < -0.39 is 5.97 Å². The summed E-state index contributed by atoms with van der Waals surface area (Å²) < 4.78 is 0. The Morgan fingerprint density at radius 1 is 1.44 bits per heavy atom. The van der Waals surface area contributed by atoms with Gasteiger partial charge in [-0.2, -0.15) is 0 Å². The molecule has 0 saturated carbocycles. The van der Waals surface area contributed by atoms with Crippen molar-refractivity contribution in [2.24, 2.45) is 0 Å². The molecule has 1 fully saturated rings. The maximum absolute atomic E-state index is 11.2. The van der Waals surface area contributed by atoms with Gasteiger partial charge in [0.25, 0.3) is 0 Å². The van der Waals surface area contributed by atoms with Gasteiger partial charge in [0.1, 0.15) is 11.9 Å². The number of likely N-dealkylation sites (tertiary alicyclic amines) is 1. The molecule has 5 nitrogen and oxygen atoms in total. The van der Waals surface area contributed by atoms with Crippen LogP contribution in [0.5, 0.6) is 0 Å². The van der Waals surface area contributed by atoms with Gasteiger partial charge in [0.15, 0.2) is 0 Å². The third kappa shape index (κ3) is 3.04. The van der Waals surface area contributed by atoms with Crippen molar-refractivity contribution in [1.82, 2.24) is 14.9 Å². The first kappa shape index (κ1) is 13.0. The molecule has 5 heteroatoms. The molecule has 2 rings (SSSR count). The molecule has 18 heavy (non-hydrogen) atoms. The highest BCUT2D eigenvalue weighted by molar-refractivity contribution is 5.73. The average molecular weight is 249 g/mol. The SMILES string of the molecule is CCc1ncc(CN2CCCC[C@H]2C(=O)O)cn1. The number of carboxylic acid groups (broad SMARTS) is 1. The highest BCUT2D eigenvalue weighted by Gasteiger charge is 2.28. The van der Waals surface area contributed by atoms with Crippen LogP contribution in [0.25, 0.3) is 0 Å². The lowest BCUT2D eigenvalue weighted by molar-refractivity contribution is -0.144. The largest absolute Gasteiger partial charge is 0.480 e. The van der Waals surface area contributed by atoms with Gasteiger partial charge in [-0.05, 0) is 19.4 Å². The Morgan fingerprint density at radius 2 is 2.17 bits per heavy atom. The van der Waals surface area contributed by atoms with Crippen LogP contribution in [0.1, 0.15) is 37.6 Å². The summed E-state index contributed by atoms with van der Waals surface area (Å²) in [4.78, 5) is 21.7. The third-order valence-corrected chi connectivity index (χ3v) is 3.36. The predicted octanol–water partition coefficient (Wildman–Crippen LogP) is 1.48. The Balaban J connectivity index is 2.03. The minimum atomic E-state index is -0.721. The van der Waals surface area contributed by atoms with Crippen molar-refractivity contribution in [1.29, 1.82) is 0 Å². The Kier molecular flexibility index (Phi) is 4.25. The van der Waals surface area contributed by atoms with Crippen LogP contribution >= 0.6 is 0 Å². The Morgan fingerprint density at radius 3 is 2.78 bits per heavy atom. The Bertz CT molecular complexity index is 405. The van der Waals surface area contributed by atoms with E-state index in [0.717, 1.165) is 43.6 Å². The molecule has 1 aliphatic heterocycles. The van der Waals surface area contributed by atoms with Gasteiger partial charge < -0.3 is 5.11 Å². The lowest BCUT2D eigenvalue weighted by Crippen LogP contribution is -2.44. The van der Waals surface area contributed by atoms with Crippen molar-refractivity contribution < 1.29 is 9.90 Å². The highest BCUT2D eigenvalue weighted by atomic mass is 16.4. The van der Waals surface area contributed by atoms with Crippen LogP contribution in [-0.4, -0.2) is 38.5 Å². The third-order valence-electron chi connectivity index (χ3n) is 3.36. The molecule has 0 aliphatic carbocycles. The number of carbonyl (C=O) groups is 1. The number of nitrogens with zero attached hydrogens (tertiary/aromatic N) is 3. The van der Waals surface area contributed by atoms with E-state index in [1.54, 1.807) is 12.4 Å². The second kappa shape index (κ2) is 5.91. The summed E-state index contributed by atoms with van der Waals surface area (Å²) in [6.07, 6.45) is 7.24. The first-order valence-corrected chi connectivity index (χ1v) is 6.47. The number of hydrogen-bond donors (Lipinski definition) is 1. The van der Waals surface area contributed by atoms with Gasteiger partial charge in [0.05, 0.1) is 0 Å². The fourth-order valence-electron chi connectivity index (χ4n) is 2.34. The minimum absolute atomic E-state index is 0.357. The zero-order valence-corrected chi connectivity index (χ0v) is 10.7. The second-order valence-corrected chi connectivity index (χ2v) is 4.68. The van der Waals surface area contributed by atoms with Gasteiger partial charge in [0.2, 0.25) is 0 Å². The highest BCUT2D eigenvalue weighted by Crippen LogP contribution is 2.19. The molecule has 0 radical (unpaired) electrons. The molecule has 98 valence electrons. The number of aryl methyl sites for hydroxylation is 1. The van der Waals surface area contributed by atoms with Gasteiger partial charge in [0, 0.05) is 30.9 Å². The number of piperidine rings is 1. The number of hydrogen-bond acceptors (Lipinski definition) is 4. The summed E-state index contributed by atoms with van der Waals surface area (Å²) in [5.74, 6) is 0.105. The normalized spacial score (nSPS) is 20.8. The number of carboxylic acids is 1. The molecular weight excluding hydrogens is 230 g/mol. The molecule has 0 spiro atoms. The Hall–Kier alpha value is -1.49. The van der Waals surface area contributed by atoms with Crippen LogP contribution in [-0.2, 0) is 17.8 Å². The summed E-state index contributed by atoms with van der Waals surface area (Å²) >= 11 is 0. The molecule has 0 aromatic carbocycles. The predicted molar refractivity (Wildman–Crippen MR) is 67.1 cm³/mol. The van der Waals surface area contributed by atoms with E-state index in [4.69, 9.17) is 0 Å². The molecule has 2 heterocycles. The van der Waals surface area contributed by atoms with Crippen LogP contribution < -0.4 is 0 Å². The summed E-state index contributed by atoms with van der Waals surface area (Å²) in [6.45, 7) is 3.48. The first-order chi connectivity index (χ1) is 8.70. The van der Waals surface area contributed by atoms with E-state index in [0.29, 0.717) is 6.54 Å². The quantitative estimate of drug-likeness (QED) is 0.875. The van der Waals surface area contributed by atoms with Crippen molar-refractivity contribution in [3.8, 4) is 0 Å². The standard InChI is InChI=1S/C13H19N3O2/c1-2-12-14-7-10(8-15-12)9-16-6-4-3-5-11(16)13(17)18/h7-8,11H,2-6,9H2,1H3,(H,17,18)/t11-/m0/s1. The van der Waals surface area contributed by atoms with Crippen LogP contribution in [0.2, 0.25) is 0 Å². The van der Waals surface area contributed by atoms with E-state index in [1.165, 1.54) is 0 Å². The van der Waals surface area contributed by atoms with Crippen molar-refractivity contribution >= 4 is 5.97 Å². The van der Waals surface area contributed by atoms with Crippen LogP contribution in [0.15, 0.2) is 12.4 Å². The Labute approximate surface area is 107 Å². The molecule has 1 N–H and O–H groups in total. The fraction of sp³-hybridized carbons (Fsp3) is 0.615. The van der Waals surface area contributed by atoms with E-state index in [9.17, 15) is 9.90 Å². The fourth-order valence-corrected chi connectivity index (χ4v) is 2.34. The summed E-state index contributed by atoms with van der Waals surface area (Å²) in [5, 5.41) is 9.20. The number of aromatic nitrogens is 2. The molecule has 1 atom stereocenters. The van der Waals surface area contributed by atoms with Gasteiger partial charge in [-0.1, -0.05) is 13.3 Å². The van der Waals surface area contributed by atoms with E-state index in [-0.39, 0.29) is 6.04 Å². The van der Waals surface area contributed by atoms with Crippen molar-refractivity contribution in [3.05, 3.63) is 23.8 Å². The van der Waals surface area contributed by atoms with E-state index in [2.05, 4.69) is 9.97 Å². The van der Waals surface area contributed by atoms with Crippen LogP contribution in [0.4, 0.5) is 0 Å². The van der Waals surface area contributed by atoms with Crippen molar-refractivity contribution in [2.45, 2.75) is 45.2 Å². The van der Waals surface area contributed by atoms with Crippen LogP contribution in [0, 0.1) is 0 Å². The lowest BCUT2D eigenvalue weighted by Gasteiger charge is -2.32. The van der Waals surface area contributed by atoms with Gasteiger partial charge in [-0.25, -0.2) is 9.97 Å². The van der Waals surface area contributed by atoms with Gasteiger partial charge >= 0.3 is 5.97 Å². The second-order valence-electron chi connectivity index (χ2n) is 4.68. The molecule has 0 unspecified atom stereocenters. The molecule has 1 aliphatic rings. The minimum Gasteiger partial charge on any atom is -0.480 e. The van der Waals surface area contributed by atoms with Crippen LogP contribution in [0.3, 0.4) is 0 Å². The smallest absolute Gasteiger partial charge is 0.320 e. The molecule has 0 bridgehead atoms. The maximum Gasteiger partial charge on any atom is 0.320 e. The van der Waals surface area contributed by atoms with Gasteiger partial charge in [-0.15, -0.1) is 0 Å². The zero-order valence-electron chi connectivity index (χ0n) is 10.7. The number of aliphatic carboxylic acids is 1. The first-order valence-electron chi connectivity index (χ1n) is 6.47. The summed E-state index contributed by atoms with van der Waals surface area (Å²) in [7, 11) is 0. The van der Waals surface area contributed by atoms with Gasteiger partial charge in [-0.3, -0.25) is 9.69 Å². The molecule has 1 saturated heterocycles. The molecule has 0 amide bonds. The molecular formula is C13H19N3O2. The maximum atomic E-state index is 11.2. The van der Waals surface area contributed by atoms with Crippen molar-refractivity contribution in [2.75, 3.05) is 6.54 Å². The summed E-state index contributed by atoms with van der Waals surface area (Å²) in [5.41, 5.74) is 0.986.